The van der Waals surface area contributed by atoms with E-state index in [2.05, 4.69) is 31.3 Å². The van der Waals surface area contributed by atoms with Gasteiger partial charge in [-0.05, 0) is 34.1 Å². The monoisotopic (exact) mass is 352 g/mol. The number of nitrogens with zero attached hydrogens (tertiary/aromatic N) is 3. The predicted octanol–water partition coefficient (Wildman–Crippen LogP) is 3.89. The van der Waals surface area contributed by atoms with Crippen molar-refractivity contribution in [2.45, 2.75) is 6.54 Å². The van der Waals surface area contributed by atoms with Crippen molar-refractivity contribution >= 4 is 33.2 Å². The Labute approximate surface area is 128 Å². The molecular formula is C13H10BrClN4O. The highest BCUT2D eigenvalue weighted by atomic mass is 79.9. The third kappa shape index (κ3) is 2.57. The summed E-state index contributed by atoms with van der Waals surface area (Å²) in [6, 6.07) is 7.47. The first-order valence-corrected chi connectivity index (χ1v) is 7.02. The summed E-state index contributed by atoms with van der Waals surface area (Å²) < 4.78 is 7.92. The lowest BCUT2D eigenvalue weighted by Crippen LogP contribution is -2.05. The van der Waals surface area contributed by atoms with Crippen LogP contribution in [0.25, 0.3) is 5.69 Å². The summed E-state index contributed by atoms with van der Waals surface area (Å²) in [5.74, 6) is 0.814. The Bertz CT molecular complexity index is 711. The van der Waals surface area contributed by atoms with Crippen molar-refractivity contribution in [3.63, 3.8) is 0 Å². The van der Waals surface area contributed by atoms with Crippen LogP contribution in [0.4, 0.5) is 5.69 Å². The van der Waals surface area contributed by atoms with Gasteiger partial charge in [0.15, 0.2) is 0 Å². The van der Waals surface area contributed by atoms with Gasteiger partial charge in [-0.2, -0.15) is 5.10 Å². The molecule has 0 fully saturated rings. The minimum Gasteiger partial charge on any atom is -0.466 e. The number of nitrogens with one attached hydrogen (secondary N) is 1. The number of para-hydroxylation sites is 1. The minimum atomic E-state index is 0.537. The molecule has 2 heterocycles. The molecule has 0 aliphatic rings. The maximum Gasteiger partial charge on any atom is 0.138 e. The molecule has 0 spiro atoms. The molecule has 1 N–H and O–H groups in total. The average Bonchev–Trinajstić information content (AvgIpc) is 3.08. The van der Waals surface area contributed by atoms with Gasteiger partial charge in [0, 0.05) is 0 Å². The van der Waals surface area contributed by atoms with Crippen molar-refractivity contribution < 1.29 is 4.42 Å². The quantitative estimate of drug-likeness (QED) is 0.773. The van der Waals surface area contributed by atoms with Gasteiger partial charge >= 0.3 is 0 Å². The van der Waals surface area contributed by atoms with Gasteiger partial charge in [0.25, 0.3) is 0 Å². The minimum absolute atomic E-state index is 0.537. The average molecular weight is 354 g/mol. The van der Waals surface area contributed by atoms with Gasteiger partial charge in [-0.1, -0.05) is 17.7 Å². The van der Waals surface area contributed by atoms with E-state index in [0.717, 1.165) is 21.6 Å². The van der Waals surface area contributed by atoms with Crippen molar-refractivity contribution in [1.29, 1.82) is 0 Å². The van der Waals surface area contributed by atoms with Crippen LogP contribution in [0.1, 0.15) is 5.76 Å². The maximum atomic E-state index is 6.25. The molecule has 0 saturated carbocycles. The third-order valence-electron chi connectivity index (χ3n) is 2.77. The summed E-state index contributed by atoms with van der Waals surface area (Å²) in [5.41, 5.74) is 1.61. The van der Waals surface area contributed by atoms with Crippen LogP contribution in [0.2, 0.25) is 5.02 Å². The Morgan fingerprint density at radius 3 is 2.95 bits per heavy atom. The largest absolute Gasteiger partial charge is 0.466 e. The van der Waals surface area contributed by atoms with Crippen LogP contribution < -0.4 is 5.32 Å². The first-order chi connectivity index (χ1) is 9.75. The molecule has 3 aromatic rings. The second kappa shape index (κ2) is 5.68. The molecule has 0 unspecified atom stereocenters. The molecule has 102 valence electrons. The van der Waals surface area contributed by atoms with Gasteiger partial charge in [0.2, 0.25) is 0 Å². The Balaban J connectivity index is 1.90. The van der Waals surface area contributed by atoms with Gasteiger partial charge in [0.1, 0.15) is 24.1 Å². The number of anilines is 1. The first-order valence-electron chi connectivity index (χ1n) is 5.85. The summed E-state index contributed by atoms with van der Waals surface area (Å²) in [6.07, 6.45) is 4.71. The zero-order valence-corrected chi connectivity index (χ0v) is 12.6. The van der Waals surface area contributed by atoms with Crippen molar-refractivity contribution in [2.75, 3.05) is 5.32 Å². The van der Waals surface area contributed by atoms with E-state index in [9.17, 15) is 0 Å². The highest BCUT2D eigenvalue weighted by Crippen LogP contribution is 2.28. The summed E-state index contributed by atoms with van der Waals surface area (Å²) in [7, 11) is 0. The third-order valence-corrected chi connectivity index (χ3v) is 3.78. The Morgan fingerprint density at radius 2 is 2.25 bits per heavy atom. The van der Waals surface area contributed by atoms with Gasteiger partial charge in [0.05, 0.1) is 28.0 Å². The SMILES string of the molecule is Clc1cccc(NCc2occc2Br)c1-n1cncn1. The number of rotatable bonds is 4. The van der Waals surface area contributed by atoms with Crippen molar-refractivity contribution in [1.82, 2.24) is 14.8 Å². The van der Waals surface area contributed by atoms with E-state index >= 15 is 0 Å². The van der Waals surface area contributed by atoms with E-state index in [0.29, 0.717) is 11.6 Å². The molecule has 20 heavy (non-hydrogen) atoms. The number of benzene rings is 1. The number of hydrogen-bond donors (Lipinski definition) is 1. The number of aromatic nitrogens is 3. The fourth-order valence-corrected chi connectivity index (χ4v) is 2.44. The second-order valence-corrected chi connectivity index (χ2v) is 5.28. The number of hydrogen-bond acceptors (Lipinski definition) is 4. The molecule has 3 rings (SSSR count). The molecule has 0 saturated heterocycles. The van der Waals surface area contributed by atoms with Crippen molar-refractivity contribution in [3.05, 3.63) is 58.4 Å². The molecule has 0 aliphatic carbocycles. The fraction of sp³-hybridized carbons (Fsp3) is 0.0769. The molecule has 0 amide bonds. The summed E-state index contributed by atoms with van der Waals surface area (Å²) in [5, 5.41) is 8.00. The lowest BCUT2D eigenvalue weighted by Gasteiger charge is -2.12. The van der Waals surface area contributed by atoms with E-state index in [1.165, 1.54) is 6.33 Å². The van der Waals surface area contributed by atoms with Crippen LogP contribution in [0.3, 0.4) is 0 Å². The van der Waals surface area contributed by atoms with Gasteiger partial charge < -0.3 is 9.73 Å². The molecule has 0 aliphatic heterocycles. The van der Waals surface area contributed by atoms with E-state index in [4.69, 9.17) is 16.0 Å². The smallest absolute Gasteiger partial charge is 0.138 e. The molecular weight excluding hydrogens is 344 g/mol. The van der Waals surface area contributed by atoms with Crippen LogP contribution in [-0.4, -0.2) is 14.8 Å². The maximum absolute atomic E-state index is 6.25. The van der Waals surface area contributed by atoms with E-state index in [1.54, 1.807) is 17.3 Å². The van der Waals surface area contributed by atoms with Crippen LogP contribution in [0.5, 0.6) is 0 Å². The van der Waals surface area contributed by atoms with Crippen molar-refractivity contribution in [3.8, 4) is 5.69 Å². The van der Waals surface area contributed by atoms with Gasteiger partial charge in [-0.15, -0.1) is 0 Å². The lowest BCUT2D eigenvalue weighted by atomic mass is 10.2. The summed E-state index contributed by atoms with van der Waals surface area (Å²) in [6.45, 7) is 0.537. The Kier molecular flexibility index (Phi) is 3.75. The summed E-state index contributed by atoms with van der Waals surface area (Å²) in [4.78, 5) is 3.94. The van der Waals surface area contributed by atoms with Crippen LogP contribution >= 0.6 is 27.5 Å². The highest BCUT2D eigenvalue weighted by Gasteiger charge is 2.11. The van der Waals surface area contributed by atoms with Gasteiger partial charge in [-0.25, -0.2) is 9.67 Å². The van der Waals surface area contributed by atoms with Crippen LogP contribution in [-0.2, 0) is 6.54 Å². The van der Waals surface area contributed by atoms with E-state index in [1.807, 2.05) is 24.3 Å². The molecule has 7 heteroatoms. The molecule has 1 aromatic carbocycles. The number of halogens is 2. The molecule has 2 aromatic heterocycles. The lowest BCUT2D eigenvalue weighted by molar-refractivity contribution is 0.516. The van der Waals surface area contributed by atoms with Crippen LogP contribution in [0.15, 0.2) is 52.1 Å². The zero-order valence-electron chi connectivity index (χ0n) is 10.3. The second-order valence-electron chi connectivity index (χ2n) is 4.02. The molecule has 0 radical (unpaired) electrons. The van der Waals surface area contributed by atoms with Crippen molar-refractivity contribution in [2.24, 2.45) is 0 Å². The van der Waals surface area contributed by atoms with Crippen LogP contribution in [0, 0.1) is 0 Å². The van der Waals surface area contributed by atoms with E-state index < -0.39 is 0 Å². The topological polar surface area (TPSA) is 55.9 Å². The van der Waals surface area contributed by atoms with Gasteiger partial charge in [-0.3, -0.25) is 0 Å². The molecule has 0 atom stereocenters. The fourth-order valence-electron chi connectivity index (χ4n) is 1.84. The molecule has 5 nitrogen and oxygen atoms in total. The normalized spacial score (nSPS) is 10.7. The summed E-state index contributed by atoms with van der Waals surface area (Å²) >= 11 is 9.68. The molecule has 0 bridgehead atoms. The first kappa shape index (κ1) is 13.2. The Morgan fingerprint density at radius 1 is 1.35 bits per heavy atom. The Hall–Kier alpha value is -1.79. The number of furan rings is 1. The predicted molar refractivity (Wildman–Crippen MR) is 80.1 cm³/mol. The zero-order chi connectivity index (χ0) is 13.9. The van der Waals surface area contributed by atoms with E-state index in [-0.39, 0.29) is 0 Å². The highest BCUT2D eigenvalue weighted by molar-refractivity contribution is 9.10. The standard InChI is InChI=1S/C13H10BrClN4O/c14-9-4-5-20-12(9)6-17-11-3-1-2-10(15)13(11)19-8-16-7-18-19/h1-5,7-8,17H,6H2.